The van der Waals surface area contributed by atoms with Gasteiger partial charge in [-0.3, -0.25) is 14.4 Å². The van der Waals surface area contributed by atoms with Crippen molar-refractivity contribution in [1.82, 2.24) is 14.7 Å². The Bertz CT molecular complexity index is 1860. The Morgan fingerprint density at radius 3 is 2.15 bits per heavy atom. The fourth-order valence-electron chi connectivity index (χ4n) is 4.25. The highest BCUT2D eigenvalue weighted by atomic mass is 32.2. The third-order valence-electron chi connectivity index (χ3n) is 6.16. The number of rotatable bonds is 7. The number of anilines is 3. The molecular weight excluding hydrogens is 556 g/mol. The smallest absolute Gasteiger partial charge is 0.263 e. The van der Waals surface area contributed by atoms with E-state index in [0.29, 0.717) is 60.2 Å². The Hall–Kier alpha value is -4.43. The van der Waals surface area contributed by atoms with E-state index in [1.165, 1.54) is 30.3 Å². The molecule has 3 N–H and O–H groups in total. The predicted molar refractivity (Wildman–Crippen MR) is 149 cm³/mol. The number of amidine groups is 1. The second-order valence-corrected chi connectivity index (χ2v) is 12.4. The summed E-state index contributed by atoms with van der Waals surface area (Å²) in [5.74, 6) is 1.23. The average molecular weight is 581 g/mol. The summed E-state index contributed by atoms with van der Waals surface area (Å²) in [6.07, 6.45) is 1.36. The lowest BCUT2D eigenvalue weighted by molar-refractivity contribution is 0.171. The van der Waals surface area contributed by atoms with Gasteiger partial charge in [0.25, 0.3) is 20.0 Å². The molecule has 12 nitrogen and oxygen atoms in total. The summed E-state index contributed by atoms with van der Waals surface area (Å²) in [4.78, 5) is 13.2. The van der Waals surface area contributed by atoms with Crippen molar-refractivity contribution in [3.8, 4) is 11.5 Å². The maximum atomic E-state index is 13.4. The van der Waals surface area contributed by atoms with Gasteiger partial charge < -0.3 is 14.8 Å². The van der Waals surface area contributed by atoms with E-state index in [-0.39, 0.29) is 21.4 Å². The van der Waals surface area contributed by atoms with Gasteiger partial charge in [0.05, 0.1) is 20.8 Å². The largest absolute Gasteiger partial charge is 0.486 e. The third kappa shape index (κ3) is 5.35. The average Bonchev–Trinajstić information content (AvgIpc) is 3.45. The van der Waals surface area contributed by atoms with Crippen molar-refractivity contribution in [2.45, 2.75) is 22.6 Å². The van der Waals surface area contributed by atoms with E-state index >= 15 is 0 Å². The molecule has 0 spiro atoms. The number of nitrogens with zero attached hydrogens (tertiary/aromatic N) is 3. The van der Waals surface area contributed by atoms with Crippen LogP contribution in [0.3, 0.4) is 0 Å². The molecule has 3 aromatic carbocycles. The molecule has 1 aromatic heterocycles. The summed E-state index contributed by atoms with van der Waals surface area (Å²) in [6.45, 7) is 1.28. The highest BCUT2D eigenvalue weighted by Crippen LogP contribution is 2.34. The molecule has 2 aliphatic heterocycles. The molecule has 0 radical (unpaired) electrons. The van der Waals surface area contributed by atoms with Crippen LogP contribution in [0.4, 0.5) is 17.3 Å². The summed E-state index contributed by atoms with van der Waals surface area (Å²) in [6, 6.07) is 17.4. The van der Waals surface area contributed by atoms with E-state index in [0.717, 1.165) is 6.42 Å². The van der Waals surface area contributed by atoms with Gasteiger partial charge in [0, 0.05) is 24.7 Å². The van der Waals surface area contributed by atoms with Gasteiger partial charge in [-0.1, -0.05) is 18.2 Å². The van der Waals surface area contributed by atoms with Crippen LogP contribution in [0.5, 0.6) is 11.5 Å². The summed E-state index contributed by atoms with van der Waals surface area (Å²) in [5.41, 5.74) is 1.34. The van der Waals surface area contributed by atoms with Crippen LogP contribution in [0.25, 0.3) is 11.0 Å². The van der Waals surface area contributed by atoms with Gasteiger partial charge >= 0.3 is 0 Å². The molecule has 14 heteroatoms. The van der Waals surface area contributed by atoms with Gasteiger partial charge in [-0.2, -0.15) is 0 Å². The van der Waals surface area contributed by atoms with Crippen molar-refractivity contribution in [3.05, 3.63) is 66.7 Å². The number of benzene rings is 3. The molecule has 0 amide bonds. The minimum absolute atomic E-state index is 0.0132. The van der Waals surface area contributed by atoms with Crippen molar-refractivity contribution in [1.29, 1.82) is 0 Å². The van der Waals surface area contributed by atoms with Crippen molar-refractivity contribution in [3.63, 3.8) is 0 Å². The lowest BCUT2D eigenvalue weighted by atomic mass is 10.3. The van der Waals surface area contributed by atoms with Crippen LogP contribution in [-0.2, 0) is 20.0 Å². The van der Waals surface area contributed by atoms with E-state index in [9.17, 15) is 16.8 Å². The predicted octanol–water partition coefficient (Wildman–Crippen LogP) is 3.42. The zero-order valence-corrected chi connectivity index (χ0v) is 22.6. The fourth-order valence-corrected chi connectivity index (χ4v) is 6.41. The van der Waals surface area contributed by atoms with Crippen molar-refractivity contribution in [2.24, 2.45) is 4.99 Å². The number of ether oxygens (including phenoxy) is 2. The van der Waals surface area contributed by atoms with Gasteiger partial charge in [-0.15, -0.1) is 0 Å². The van der Waals surface area contributed by atoms with E-state index in [1.54, 1.807) is 36.4 Å². The highest BCUT2D eigenvalue weighted by Gasteiger charge is 2.23. The minimum atomic E-state index is -4.12. The standard InChI is InChI=1S/C26H24N6O6S2/c33-39(34,31-24-9-4-12-27-24)18-6-3-5-17(15-18)28-25-26(30-21-8-2-1-7-20(21)29-25)32-40(35,36)19-10-11-22-23(16-19)38-14-13-37-22/h1-3,5-8,10-11,15-16H,4,9,12-14H2,(H,27,31)(H,28,29)(H,30,32). The molecule has 206 valence electrons. The summed E-state index contributed by atoms with van der Waals surface area (Å²) in [7, 11) is -7.99. The fraction of sp³-hybridized carbons (Fsp3) is 0.192. The summed E-state index contributed by atoms with van der Waals surface area (Å²) >= 11 is 0. The molecule has 0 bridgehead atoms. The Morgan fingerprint density at radius 2 is 1.40 bits per heavy atom. The van der Waals surface area contributed by atoms with Crippen molar-refractivity contribution in [2.75, 3.05) is 29.8 Å². The van der Waals surface area contributed by atoms with E-state index in [1.807, 2.05) is 0 Å². The number of sulfonamides is 2. The molecule has 2 aliphatic rings. The number of nitrogens with one attached hydrogen (secondary N) is 3. The lowest BCUT2D eigenvalue weighted by Crippen LogP contribution is -2.29. The molecule has 0 atom stereocenters. The van der Waals surface area contributed by atoms with Crippen molar-refractivity contribution >= 4 is 54.2 Å². The molecule has 6 rings (SSSR count). The van der Waals surface area contributed by atoms with Gasteiger partial charge in [0.15, 0.2) is 23.1 Å². The number of para-hydroxylation sites is 2. The second kappa shape index (κ2) is 10.3. The van der Waals surface area contributed by atoms with E-state index in [4.69, 9.17) is 9.47 Å². The van der Waals surface area contributed by atoms with Gasteiger partial charge in [0.1, 0.15) is 19.0 Å². The first-order valence-corrected chi connectivity index (χ1v) is 15.4. The molecule has 0 aliphatic carbocycles. The zero-order chi connectivity index (χ0) is 27.7. The van der Waals surface area contributed by atoms with Crippen LogP contribution in [-0.4, -0.2) is 52.4 Å². The monoisotopic (exact) mass is 580 g/mol. The molecule has 0 saturated carbocycles. The third-order valence-corrected chi connectivity index (χ3v) is 8.87. The lowest BCUT2D eigenvalue weighted by Gasteiger charge is -2.19. The number of fused-ring (bicyclic) bond motifs is 2. The number of aliphatic imine (C=N–C) groups is 1. The van der Waals surface area contributed by atoms with E-state index < -0.39 is 20.0 Å². The van der Waals surface area contributed by atoms with Crippen LogP contribution >= 0.6 is 0 Å². The number of aromatic nitrogens is 2. The molecule has 0 unspecified atom stereocenters. The van der Waals surface area contributed by atoms with Crippen LogP contribution in [0.1, 0.15) is 12.8 Å². The normalized spacial score (nSPS) is 14.9. The van der Waals surface area contributed by atoms with Crippen molar-refractivity contribution < 1.29 is 26.3 Å². The van der Waals surface area contributed by atoms with Gasteiger partial charge in [-0.25, -0.2) is 26.8 Å². The topological polar surface area (TPSA) is 161 Å². The number of hydrogen-bond donors (Lipinski definition) is 3. The van der Waals surface area contributed by atoms with Gasteiger partial charge in [-0.05, 0) is 48.9 Å². The SMILES string of the molecule is O=S(=O)(NC1=NCCC1)c1cccc(Nc2nc3ccccc3nc2NS(=O)(=O)c2ccc3c(c2)OCCO3)c1. The maximum Gasteiger partial charge on any atom is 0.263 e. The molecule has 0 saturated heterocycles. The Morgan fingerprint density at radius 1 is 0.700 bits per heavy atom. The number of hydrogen-bond acceptors (Lipinski definition) is 10. The first-order valence-electron chi connectivity index (χ1n) is 12.4. The quantitative estimate of drug-likeness (QED) is 0.297. The first kappa shape index (κ1) is 25.8. The summed E-state index contributed by atoms with van der Waals surface area (Å²) in [5, 5.41) is 3.03. The van der Waals surface area contributed by atoms with Gasteiger partial charge in [0.2, 0.25) is 0 Å². The van der Waals surface area contributed by atoms with Crippen LogP contribution in [0.15, 0.2) is 81.5 Å². The second-order valence-electron chi connectivity index (χ2n) is 9.01. The maximum absolute atomic E-state index is 13.4. The molecule has 0 fully saturated rings. The van der Waals surface area contributed by atoms with Crippen LogP contribution in [0.2, 0.25) is 0 Å². The Balaban J connectivity index is 1.34. The highest BCUT2D eigenvalue weighted by molar-refractivity contribution is 7.92. The molecule has 3 heterocycles. The molecule has 40 heavy (non-hydrogen) atoms. The van der Waals surface area contributed by atoms with E-state index in [2.05, 4.69) is 29.7 Å². The summed E-state index contributed by atoms with van der Waals surface area (Å²) < 4.78 is 68.7. The first-order chi connectivity index (χ1) is 19.3. The van der Waals surface area contributed by atoms with Crippen LogP contribution in [0, 0.1) is 0 Å². The zero-order valence-electron chi connectivity index (χ0n) is 21.0. The molecule has 4 aromatic rings. The molecular formula is C26H24N6O6S2. The van der Waals surface area contributed by atoms with Crippen LogP contribution < -0.4 is 24.2 Å². The Kier molecular flexibility index (Phi) is 6.64. The minimum Gasteiger partial charge on any atom is -0.486 e. The Labute approximate surface area is 230 Å².